The topological polar surface area (TPSA) is 63.0 Å². The summed E-state index contributed by atoms with van der Waals surface area (Å²) in [5.74, 6) is 0.156. The van der Waals surface area contributed by atoms with Gasteiger partial charge in [0.2, 0.25) is 0 Å². The third kappa shape index (κ3) is 3.52. The lowest BCUT2D eigenvalue weighted by Gasteiger charge is -2.33. The van der Waals surface area contributed by atoms with Crippen LogP contribution in [0.5, 0.6) is 5.75 Å². The highest BCUT2D eigenvalue weighted by molar-refractivity contribution is 5.74. The fourth-order valence-corrected chi connectivity index (χ4v) is 3.75. The number of rotatable bonds is 4. The third-order valence-corrected chi connectivity index (χ3v) is 4.61. The van der Waals surface area contributed by atoms with Gasteiger partial charge in [0.05, 0.1) is 5.69 Å². The molecule has 0 saturated carbocycles. The van der Waals surface area contributed by atoms with Crippen LogP contribution in [0.15, 0.2) is 36.4 Å². The zero-order chi connectivity index (χ0) is 19.1. The predicted molar refractivity (Wildman–Crippen MR) is 107 cm³/mol. The van der Waals surface area contributed by atoms with Crippen LogP contribution < -0.4 is 5.32 Å². The van der Waals surface area contributed by atoms with E-state index in [0.29, 0.717) is 11.4 Å². The summed E-state index contributed by atoms with van der Waals surface area (Å²) < 4.78 is 0. The first kappa shape index (κ1) is 18.2. The van der Waals surface area contributed by atoms with E-state index in [1.807, 2.05) is 43.4 Å². The number of anilines is 1. The van der Waals surface area contributed by atoms with Gasteiger partial charge >= 0.3 is 0 Å². The van der Waals surface area contributed by atoms with Crippen molar-refractivity contribution >= 4 is 16.7 Å². The van der Waals surface area contributed by atoms with E-state index in [0.717, 1.165) is 23.0 Å². The molecule has 0 fully saturated rings. The van der Waals surface area contributed by atoms with Crippen LogP contribution in [0, 0.1) is 5.41 Å². The highest BCUT2D eigenvalue weighted by Gasteiger charge is 2.29. The first-order valence-electron chi connectivity index (χ1n) is 8.98. The minimum Gasteiger partial charge on any atom is -0.504 e. The maximum atomic E-state index is 10.7. The highest BCUT2D eigenvalue weighted by atomic mass is 16.3. The molecule has 0 radical (unpaired) electrons. The molecule has 2 N–H and O–H groups in total. The fourth-order valence-electron chi connectivity index (χ4n) is 3.75. The van der Waals surface area contributed by atoms with Crippen molar-refractivity contribution in [1.82, 2.24) is 15.0 Å². The quantitative estimate of drug-likeness (QED) is 0.657. The van der Waals surface area contributed by atoms with Crippen LogP contribution >= 0.6 is 0 Å². The van der Waals surface area contributed by atoms with Crippen LogP contribution in [0.4, 0.5) is 5.69 Å². The van der Waals surface area contributed by atoms with Crippen LogP contribution in [0.25, 0.3) is 16.7 Å². The Morgan fingerprint density at radius 1 is 1.00 bits per heavy atom. The predicted octanol–water partition coefficient (Wildman–Crippen LogP) is 4.88. The van der Waals surface area contributed by atoms with Gasteiger partial charge in [0.15, 0.2) is 5.75 Å². The number of hydrogen-bond acceptors (Lipinski definition) is 4. The Balaban J connectivity index is 2.16. The minimum absolute atomic E-state index is 0.0567. The smallest absolute Gasteiger partial charge is 0.166 e. The molecule has 0 saturated heterocycles. The second-order valence-corrected chi connectivity index (χ2v) is 8.74. The molecular formula is C21H28N4O. The van der Waals surface area contributed by atoms with E-state index in [9.17, 15) is 5.11 Å². The molecule has 1 aromatic heterocycles. The molecule has 0 aliphatic rings. The summed E-state index contributed by atoms with van der Waals surface area (Å²) >= 11 is 0. The van der Waals surface area contributed by atoms with Crippen LogP contribution in [-0.4, -0.2) is 27.1 Å². The Labute approximate surface area is 155 Å². The summed E-state index contributed by atoms with van der Waals surface area (Å²) in [6, 6.07) is 11.7. The van der Waals surface area contributed by atoms with E-state index in [1.165, 1.54) is 4.80 Å². The maximum Gasteiger partial charge on any atom is 0.166 e. The standard InChI is InChI=1S/C21H28N4O/c1-20(2,3)13-21(4,5)14-11-17(22-6)19(26)18(12-14)25-23-15-9-7-8-10-16(15)24-25/h7-12,22,26H,13H2,1-6H3. The third-order valence-electron chi connectivity index (χ3n) is 4.61. The van der Waals surface area contributed by atoms with E-state index in [2.05, 4.69) is 50.1 Å². The second kappa shape index (κ2) is 6.31. The highest BCUT2D eigenvalue weighted by Crippen LogP contribution is 2.41. The maximum absolute atomic E-state index is 10.7. The van der Waals surface area contributed by atoms with Crippen LogP contribution in [0.3, 0.4) is 0 Å². The van der Waals surface area contributed by atoms with Crippen LogP contribution in [0.1, 0.15) is 46.6 Å². The van der Waals surface area contributed by atoms with E-state index >= 15 is 0 Å². The Hall–Kier alpha value is -2.56. The Bertz CT molecular complexity index is 902. The van der Waals surface area contributed by atoms with E-state index in [-0.39, 0.29) is 16.6 Å². The van der Waals surface area contributed by atoms with Crippen molar-refractivity contribution in [2.24, 2.45) is 5.41 Å². The zero-order valence-electron chi connectivity index (χ0n) is 16.5. The zero-order valence-corrected chi connectivity index (χ0v) is 16.5. The molecule has 0 unspecified atom stereocenters. The summed E-state index contributed by atoms with van der Waals surface area (Å²) in [6.07, 6.45) is 1.02. The molecule has 1 heterocycles. The van der Waals surface area contributed by atoms with Crippen molar-refractivity contribution in [3.63, 3.8) is 0 Å². The molecule has 0 bridgehead atoms. The number of hydrogen-bond donors (Lipinski definition) is 2. The van der Waals surface area contributed by atoms with Gasteiger partial charge in [-0.05, 0) is 47.1 Å². The summed E-state index contributed by atoms with van der Waals surface area (Å²) in [4.78, 5) is 1.53. The number of aromatic hydroxyl groups is 1. The second-order valence-electron chi connectivity index (χ2n) is 8.74. The van der Waals surface area contributed by atoms with Gasteiger partial charge in [-0.25, -0.2) is 0 Å². The van der Waals surface area contributed by atoms with Crippen molar-refractivity contribution in [2.45, 2.75) is 46.5 Å². The molecule has 2 aromatic carbocycles. The fraction of sp³-hybridized carbons (Fsp3) is 0.429. The molecule has 0 amide bonds. The summed E-state index contributed by atoms with van der Waals surface area (Å²) in [6.45, 7) is 11.2. The van der Waals surface area contributed by atoms with Crippen molar-refractivity contribution in [1.29, 1.82) is 0 Å². The Morgan fingerprint density at radius 2 is 1.58 bits per heavy atom. The monoisotopic (exact) mass is 352 g/mol. The number of phenols is 1. The van der Waals surface area contributed by atoms with Crippen molar-refractivity contribution < 1.29 is 5.11 Å². The Morgan fingerprint density at radius 3 is 2.08 bits per heavy atom. The first-order chi connectivity index (χ1) is 12.1. The number of aromatic nitrogens is 3. The average molecular weight is 352 g/mol. The van der Waals surface area contributed by atoms with Gasteiger partial charge in [0.25, 0.3) is 0 Å². The number of nitrogens with zero attached hydrogens (tertiary/aromatic N) is 3. The summed E-state index contributed by atoms with van der Waals surface area (Å²) in [5, 5.41) is 22.9. The SMILES string of the molecule is CNc1cc(C(C)(C)CC(C)(C)C)cc(-n2nc3ccccc3n2)c1O. The van der Waals surface area contributed by atoms with Gasteiger partial charge in [-0.2, -0.15) is 0 Å². The molecule has 3 rings (SSSR count). The average Bonchev–Trinajstić information content (AvgIpc) is 2.96. The molecule has 0 aliphatic carbocycles. The van der Waals surface area contributed by atoms with Crippen molar-refractivity contribution in [3.8, 4) is 11.4 Å². The molecule has 5 nitrogen and oxygen atoms in total. The lowest BCUT2D eigenvalue weighted by molar-refractivity contribution is 0.284. The Kier molecular flexibility index (Phi) is 4.42. The summed E-state index contributed by atoms with van der Waals surface area (Å²) in [5.41, 5.74) is 4.16. The number of fused-ring (bicyclic) bond motifs is 1. The number of phenolic OH excluding ortho intramolecular Hbond substituents is 1. The molecule has 0 aliphatic heterocycles. The van der Waals surface area contributed by atoms with Crippen molar-refractivity contribution in [2.75, 3.05) is 12.4 Å². The lowest BCUT2D eigenvalue weighted by Crippen LogP contribution is -2.25. The normalized spacial score (nSPS) is 12.5. The van der Waals surface area contributed by atoms with E-state index in [4.69, 9.17) is 0 Å². The van der Waals surface area contributed by atoms with Gasteiger partial charge in [-0.3, -0.25) is 0 Å². The molecule has 26 heavy (non-hydrogen) atoms. The molecule has 3 aromatic rings. The van der Waals surface area contributed by atoms with E-state index in [1.54, 1.807) is 0 Å². The lowest BCUT2D eigenvalue weighted by atomic mass is 9.72. The molecular weight excluding hydrogens is 324 g/mol. The summed E-state index contributed by atoms with van der Waals surface area (Å²) in [7, 11) is 1.81. The van der Waals surface area contributed by atoms with Crippen LogP contribution in [-0.2, 0) is 5.41 Å². The molecule has 5 heteroatoms. The molecule has 0 spiro atoms. The largest absolute Gasteiger partial charge is 0.504 e. The number of nitrogens with one attached hydrogen (secondary N) is 1. The minimum atomic E-state index is -0.0567. The van der Waals surface area contributed by atoms with E-state index < -0.39 is 0 Å². The number of benzene rings is 2. The van der Waals surface area contributed by atoms with Gasteiger partial charge < -0.3 is 10.4 Å². The van der Waals surface area contributed by atoms with Gasteiger partial charge in [0, 0.05) is 7.05 Å². The molecule has 0 atom stereocenters. The van der Waals surface area contributed by atoms with Crippen LogP contribution in [0.2, 0.25) is 0 Å². The van der Waals surface area contributed by atoms with Gasteiger partial charge in [-0.15, -0.1) is 15.0 Å². The van der Waals surface area contributed by atoms with Gasteiger partial charge in [0.1, 0.15) is 16.7 Å². The van der Waals surface area contributed by atoms with Crippen molar-refractivity contribution in [3.05, 3.63) is 42.0 Å². The molecule has 138 valence electrons. The van der Waals surface area contributed by atoms with Gasteiger partial charge in [-0.1, -0.05) is 46.8 Å². The first-order valence-corrected chi connectivity index (χ1v) is 8.98.